The lowest BCUT2D eigenvalue weighted by molar-refractivity contribution is -0.167. The van der Waals surface area contributed by atoms with E-state index < -0.39 is 6.10 Å². The van der Waals surface area contributed by atoms with Gasteiger partial charge in [-0.3, -0.25) is 14.4 Å². The monoisotopic (exact) mass is 909 g/mol. The van der Waals surface area contributed by atoms with Gasteiger partial charge in [0.1, 0.15) is 13.2 Å². The largest absolute Gasteiger partial charge is 0.462 e. The van der Waals surface area contributed by atoms with Crippen molar-refractivity contribution >= 4 is 17.9 Å². The maximum absolute atomic E-state index is 12.8. The first kappa shape index (κ1) is 62.1. The smallest absolute Gasteiger partial charge is 0.306 e. The van der Waals surface area contributed by atoms with Crippen LogP contribution in [0.2, 0.25) is 0 Å². The summed E-state index contributed by atoms with van der Waals surface area (Å²) < 4.78 is 16.8. The Morgan fingerprint density at radius 3 is 1.05 bits per heavy atom. The van der Waals surface area contributed by atoms with Crippen molar-refractivity contribution in [3.63, 3.8) is 0 Å². The molecule has 6 heteroatoms. The van der Waals surface area contributed by atoms with Gasteiger partial charge in [0.05, 0.1) is 0 Å². The highest BCUT2D eigenvalue weighted by atomic mass is 16.6. The molecule has 0 amide bonds. The van der Waals surface area contributed by atoms with E-state index in [2.05, 4.69) is 81.5 Å². The van der Waals surface area contributed by atoms with Gasteiger partial charge in [0.15, 0.2) is 6.10 Å². The molecule has 0 aliphatic heterocycles. The Morgan fingerprint density at radius 1 is 0.338 bits per heavy atom. The second-order valence-electron chi connectivity index (χ2n) is 18.5. The maximum atomic E-state index is 12.8. The third-order valence-corrected chi connectivity index (χ3v) is 12.0. The third-order valence-electron chi connectivity index (χ3n) is 12.0. The minimum absolute atomic E-state index is 0.0842. The molecule has 0 saturated carbocycles. The second kappa shape index (κ2) is 53.7. The van der Waals surface area contributed by atoms with Crippen LogP contribution in [0.5, 0.6) is 0 Å². The lowest BCUT2D eigenvalue weighted by atomic mass is 10.0. The Morgan fingerprint density at radius 2 is 0.646 bits per heavy atom. The summed E-state index contributed by atoms with van der Waals surface area (Å²) in [5, 5.41) is 0. The molecule has 0 aromatic carbocycles. The number of unbranched alkanes of at least 4 members (excludes halogenated alkanes) is 30. The SMILES string of the molecule is CC/C=C\C/C=C\C/C=C\CCCCCCCCCCCC(=O)OCC(COC(=O)CCCCCCCCCCCCCC)OC(=O)CCCCC/C=C\C=C/CCCCCCCCC. The van der Waals surface area contributed by atoms with E-state index in [4.69, 9.17) is 14.2 Å². The molecule has 0 saturated heterocycles. The minimum atomic E-state index is -0.788. The maximum Gasteiger partial charge on any atom is 0.306 e. The van der Waals surface area contributed by atoms with Crippen LogP contribution in [-0.4, -0.2) is 37.2 Å². The van der Waals surface area contributed by atoms with Crippen molar-refractivity contribution in [1.29, 1.82) is 0 Å². The summed E-state index contributed by atoms with van der Waals surface area (Å²) in [6, 6.07) is 0. The van der Waals surface area contributed by atoms with Crippen LogP contribution in [0.1, 0.15) is 278 Å². The molecular weight excluding hydrogens is 805 g/mol. The summed E-state index contributed by atoms with van der Waals surface area (Å²) in [7, 11) is 0. The summed E-state index contributed by atoms with van der Waals surface area (Å²) in [5.41, 5.74) is 0. The molecule has 0 aliphatic carbocycles. The van der Waals surface area contributed by atoms with Gasteiger partial charge in [0, 0.05) is 19.3 Å². The molecule has 376 valence electrons. The number of rotatable bonds is 50. The molecule has 0 aliphatic rings. The summed E-state index contributed by atoms with van der Waals surface area (Å²) in [5.74, 6) is -0.908. The molecule has 0 aromatic heterocycles. The van der Waals surface area contributed by atoms with E-state index in [1.165, 1.54) is 148 Å². The third kappa shape index (κ3) is 51.9. The highest BCUT2D eigenvalue weighted by Crippen LogP contribution is 2.15. The normalized spacial score (nSPS) is 12.5. The van der Waals surface area contributed by atoms with E-state index >= 15 is 0 Å². The molecule has 0 radical (unpaired) electrons. The Balaban J connectivity index is 4.38. The van der Waals surface area contributed by atoms with Crippen LogP contribution in [0.25, 0.3) is 0 Å². The van der Waals surface area contributed by atoms with E-state index in [1.54, 1.807) is 0 Å². The first-order valence-corrected chi connectivity index (χ1v) is 27.8. The molecule has 0 fully saturated rings. The highest BCUT2D eigenvalue weighted by molar-refractivity contribution is 5.71. The van der Waals surface area contributed by atoms with Gasteiger partial charge in [-0.2, -0.15) is 0 Å². The van der Waals surface area contributed by atoms with Gasteiger partial charge in [0.2, 0.25) is 0 Å². The van der Waals surface area contributed by atoms with Crippen molar-refractivity contribution in [2.75, 3.05) is 13.2 Å². The van der Waals surface area contributed by atoms with Crippen LogP contribution in [0.3, 0.4) is 0 Å². The molecule has 6 nitrogen and oxygen atoms in total. The molecule has 0 aromatic rings. The number of ether oxygens (including phenoxy) is 3. The Labute approximate surface area is 402 Å². The number of allylic oxidation sites excluding steroid dienone is 10. The quantitative estimate of drug-likeness (QED) is 0.0199. The highest BCUT2D eigenvalue weighted by Gasteiger charge is 2.19. The van der Waals surface area contributed by atoms with Crippen LogP contribution >= 0.6 is 0 Å². The van der Waals surface area contributed by atoms with Crippen molar-refractivity contribution in [2.24, 2.45) is 0 Å². The summed E-state index contributed by atoms with van der Waals surface area (Å²) in [6.45, 7) is 6.51. The zero-order valence-corrected chi connectivity index (χ0v) is 43.0. The van der Waals surface area contributed by atoms with Gasteiger partial charge >= 0.3 is 17.9 Å². The molecule has 65 heavy (non-hydrogen) atoms. The fourth-order valence-electron chi connectivity index (χ4n) is 7.86. The lowest BCUT2D eigenvalue weighted by Crippen LogP contribution is -2.30. The molecule has 0 N–H and O–H groups in total. The number of hydrogen-bond donors (Lipinski definition) is 0. The molecule has 0 heterocycles. The van der Waals surface area contributed by atoms with Crippen LogP contribution in [0.15, 0.2) is 60.8 Å². The van der Waals surface area contributed by atoms with Crippen molar-refractivity contribution in [3.8, 4) is 0 Å². The van der Waals surface area contributed by atoms with Gasteiger partial charge < -0.3 is 14.2 Å². The van der Waals surface area contributed by atoms with Crippen LogP contribution in [0.4, 0.5) is 0 Å². The fraction of sp³-hybridized carbons (Fsp3) is 0.780. The van der Waals surface area contributed by atoms with E-state index in [0.29, 0.717) is 19.3 Å². The van der Waals surface area contributed by atoms with Crippen molar-refractivity contribution < 1.29 is 28.6 Å². The zero-order valence-electron chi connectivity index (χ0n) is 43.0. The average molecular weight is 909 g/mol. The average Bonchev–Trinajstić information content (AvgIpc) is 3.30. The van der Waals surface area contributed by atoms with E-state index in [0.717, 1.165) is 89.9 Å². The predicted molar refractivity (Wildman–Crippen MR) is 279 cm³/mol. The summed E-state index contributed by atoms with van der Waals surface area (Å²) >= 11 is 0. The molecule has 1 unspecified atom stereocenters. The van der Waals surface area contributed by atoms with Gasteiger partial charge in [-0.05, 0) is 77.0 Å². The number of carbonyl (C=O) groups is 3. The van der Waals surface area contributed by atoms with Crippen LogP contribution < -0.4 is 0 Å². The predicted octanol–water partition coefficient (Wildman–Crippen LogP) is 18.4. The van der Waals surface area contributed by atoms with Gasteiger partial charge in [-0.1, -0.05) is 242 Å². The number of esters is 3. The Bertz CT molecular complexity index is 1180. The summed E-state index contributed by atoms with van der Waals surface area (Å²) in [6.07, 6.45) is 66.4. The molecular formula is C59H104O6. The van der Waals surface area contributed by atoms with Crippen LogP contribution in [-0.2, 0) is 28.6 Å². The molecule has 0 rings (SSSR count). The van der Waals surface area contributed by atoms with Crippen molar-refractivity contribution in [3.05, 3.63) is 60.8 Å². The Kier molecular flexibility index (Phi) is 51.3. The number of hydrogen-bond acceptors (Lipinski definition) is 6. The minimum Gasteiger partial charge on any atom is -0.462 e. The van der Waals surface area contributed by atoms with Gasteiger partial charge in [-0.15, -0.1) is 0 Å². The second-order valence-corrected chi connectivity index (χ2v) is 18.5. The lowest BCUT2D eigenvalue weighted by Gasteiger charge is -2.18. The van der Waals surface area contributed by atoms with Crippen molar-refractivity contribution in [2.45, 2.75) is 284 Å². The summed E-state index contributed by atoms with van der Waals surface area (Å²) in [4.78, 5) is 38.1. The first-order chi connectivity index (χ1) is 32.0. The molecule has 0 bridgehead atoms. The van der Waals surface area contributed by atoms with Gasteiger partial charge in [0.25, 0.3) is 0 Å². The van der Waals surface area contributed by atoms with Gasteiger partial charge in [-0.25, -0.2) is 0 Å². The molecule has 0 spiro atoms. The topological polar surface area (TPSA) is 78.9 Å². The first-order valence-electron chi connectivity index (χ1n) is 27.8. The van der Waals surface area contributed by atoms with E-state index in [9.17, 15) is 14.4 Å². The van der Waals surface area contributed by atoms with Crippen molar-refractivity contribution in [1.82, 2.24) is 0 Å². The Hall–Kier alpha value is -2.89. The number of carbonyl (C=O) groups excluding carboxylic acids is 3. The van der Waals surface area contributed by atoms with E-state index in [1.807, 2.05) is 0 Å². The van der Waals surface area contributed by atoms with E-state index in [-0.39, 0.29) is 31.1 Å². The molecule has 1 atom stereocenters. The fourth-order valence-corrected chi connectivity index (χ4v) is 7.86. The standard InChI is InChI=1S/C59H104O6/c1-4-7-10-13-16-19-22-25-27-29-30-31-33-34-37-40-43-46-49-52-58(61)64-55-56(54-63-57(60)51-48-45-42-39-36-24-21-18-15-12-9-6-3)65-59(62)53-50-47-44-41-38-35-32-28-26-23-20-17-14-11-8-5-2/h7,10,16,19,25,27-28,32,35,38,56H,4-6,8-9,11-15,17-18,20-24,26,29-31,33-34,36-37,39-55H2,1-3H3/b10-7-,19-16-,27-25-,32-28-,38-35-. The van der Waals surface area contributed by atoms with Crippen LogP contribution in [0, 0.1) is 0 Å². The zero-order chi connectivity index (χ0) is 47.2.